The molecular weight excluding hydrogens is 329 g/mol. The maximum absolute atomic E-state index is 14.2. The molecule has 126 valence electrons. The van der Waals surface area contributed by atoms with Gasteiger partial charge in [0, 0.05) is 22.7 Å². The summed E-state index contributed by atoms with van der Waals surface area (Å²) in [5.74, 6) is -0.671. The number of halogens is 1. The highest BCUT2D eigenvalue weighted by Gasteiger charge is 2.13. The minimum atomic E-state index is -0.344. The number of hydrogen-bond acceptors (Lipinski definition) is 3. The molecule has 5 heteroatoms. The third kappa shape index (κ3) is 3.02. The van der Waals surface area contributed by atoms with E-state index in [-0.39, 0.29) is 17.4 Å². The van der Waals surface area contributed by atoms with Gasteiger partial charge in [-0.1, -0.05) is 42.5 Å². The zero-order valence-electron chi connectivity index (χ0n) is 13.7. The molecule has 0 spiro atoms. The Balaban J connectivity index is 1.78. The van der Waals surface area contributed by atoms with Crippen molar-refractivity contribution in [3.63, 3.8) is 0 Å². The standard InChI is InChI=1S/C21H14FN3O/c22-18-9-2-1-7-16(18)17-8-3-5-14-10-11-19(25-20(14)17)21(26)24-15-6-4-12-23-13-15/h1-13H,(H,24,26). The van der Waals surface area contributed by atoms with Crippen LogP contribution in [-0.2, 0) is 0 Å². The summed E-state index contributed by atoms with van der Waals surface area (Å²) >= 11 is 0. The molecular formula is C21H14FN3O. The quantitative estimate of drug-likeness (QED) is 0.587. The summed E-state index contributed by atoms with van der Waals surface area (Å²) in [6.45, 7) is 0. The van der Waals surface area contributed by atoms with Gasteiger partial charge in [-0.3, -0.25) is 9.78 Å². The van der Waals surface area contributed by atoms with Crippen molar-refractivity contribution in [3.8, 4) is 11.1 Å². The first-order valence-corrected chi connectivity index (χ1v) is 8.08. The van der Waals surface area contributed by atoms with E-state index in [2.05, 4.69) is 15.3 Å². The first-order chi connectivity index (χ1) is 12.7. The molecule has 0 aliphatic rings. The number of fused-ring (bicyclic) bond motifs is 1. The number of benzene rings is 2. The van der Waals surface area contributed by atoms with Gasteiger partial charge in [-0.05, 0) is 24.3 Å². The van der Waals surface area contributed by atoms with E-state index in [4.69, 9.17) is 0 Å². The van der Waals surface area contributed by atoms with E-state index >= 15 is 0 Å². The second kappa shape index (κ2) is 6.72. The molecule has 0 unspecified atom stereocenters. The van der Waals surface area contributed by atoms with Crippen molar-refractivity contribution in [1.29, 1.82) is 0 Å². The first-order valence-electron chi connectivity index (χ1n) is 8.08. The van der Waals surface area contributed by atoms with E-state index in [1.165, 1.54) is 6.07 Å². The van der Waals surface area contributed by atoms with E-state index in [9.17, 15) is 9.18 Å². The molecule has 1 amide bonds. The summed E-state index contributed by atoms with van der Waals surface area (Å²) in [6, 6.07) is 19.0. The molecule has 1 N–H and O–H groups in total. The predicted molar refractivity (Wildman–Crippen MR) is 99.3 cm³/mol. The summed E-state index contributed by atoms with van der Waals surface area (Å²) in [6.07, 6.45) is 3.19. The zero-order chi connectivity index (χ0) is 17.9. The summed E-state index contributed by atoms with van der Waals surface area (Å²) in [5.41, 5.74) is 2.52. The monoisotopic (exact) mass is 343 g/mol. The number of aromatic nitrogens is 2. The Morgan fingerprint density at radius 2 is 1.73 bits per heavy atom. The Bertz CT molecular complexity index is 1100. The molecule has 0 atom stereocenters. The molecule has 2 aromatic heterocycles. The fourth-order valence-electron chi connectivity index (χ4n) is 2.80. The number of nitrogens with zero attached hydrogens (tertiary/aromatic N) is 2. The van der Waals surface area contributed by atoms with Gasteiger partial charge in [0.15, 0.2) is 0 Å². The molecule has 0 aliphatic carbocycles. The lowest BCUT2D eigenvalue weighted by molar-refractivity contribution is 0.102. The van der Waals surface area contributed by atoms with Gasteiger partial charge >= 0.3 is 0 Å². The molecule has 2 heterocycles. The molecule has 26 heavy (non-hydrogen) atoms. The summed E-state index contributed by atoms with van der Waals surface area (Å²) in [7, 11) is 0. The number of carbonyl (C=O) groups is 1. The molecule has 4 rings (SSSR count). The minimum absolute atomic E-state index is 0.255. The summed E-state index contributed by atoms with van der Waals surface area (Å²) in [4.78, 5) is 21.0. The average Bonchev–Trinajstić information content (AvgIpc) is 2.68. The van der Waals surface area contributed by atoms with Gasteiger partial charge in [-0.15, -0.1) is 0 Å². The number of hydrogen-bond donors (Lipinski definition) is 1. The molecule has 0 bridgehead atoms. The van der Waals surface area contributed by atoms with Crippen LogP contribution in [0.5, 0.6) is 0 Å². The lowest BCUT2D eigenvalue weighted by Crippen LogP contribution is -2.13. The largest absolute Gasteiger partial charge is 0.319 e. The smallest absolute Gasteiger partial charge is 0.274 e. The fraction of sp³-hybridized carbons (Fsp3) is 0. The van der Waals surface area contributed by atoms with Crippen molar-refractivity contribution in [2.45, 2.75) is 0 Å². The van der Waals surface area contributed by atoms with Gasteiger partial charge in [0.05, 0.1) is 17.4 Å². The molecule has 0 radical (unpaired) electrons. The Morgan fingerprint density at radius 1 is 0.885 bits per heavy atom. The lowest BCUT2D eigenvalue weighted by Gasteiger charge is -2.09. The zero-order valence-corrected chi connectivity index (χ0v) is 13.7. The van der Waals surface area contributed by atoms with Crippen LogP contribution in [0.1, 0.15) is 10.5 Å². The fourth-order valence-corrected chi connectivity index (χ4v) is 2.80. The van der Waals surface area contributed by atoms with Crippen LogP contribution in [0.4, 0.5) is 10.1 Å². The molecule has 0 fully saturated rings. The summed E-state index contributed by atoms with van der Waals surface area (Å²) in [5, 5.41) is 3.59. The Labute approximate surface area is 149 Å². The van der Waals surface area contributed by atoms with Gasteiger partial charge in [-0.2, -0.15) is 0 Å². The highest BCUT2D eigenvalue weighted by atomic mass is 19.1. The number of para-hydroxylation sites is 1. The van der Waals surface area contributed by atoms with Gasteiger partial charge < -0.3 is 5.32 Å². The van der Waals surface area contributed by atoms with Crippen LogP contribution in [-0.4, -0.2) is 15.9 Å². The number of amides is 1. The minimum Gasteiger partial charge on any atom is -0.319 e. The number of pyridine rings is 2. The Hall–Kier alpha value is -3.60. The highest BCUT2D eigenvalue weighted by molar-refractivity contribution is 6.05. The first kappa shape index (κ1) is 15.9. The molecule has 0 aliphatic heterocycles. The van der Waals surface area contributed by atoms with Crippen LogP contribution >= 0.6 is 0 Å². The topological polar surface area (TPSA) is 54.9 Å². The van der Waals surface area contributed by atoms with E-state index < -0.39 is 0 Å². The van der Waals surface area contributed by atoms with Crippen LogP contribution in [0.3, 0.4) is 0 Å². The highest BCUT2D eigenvalue weighted by Crippen LogP contribution is 2.29. The van der Waals surface area contributed by atoms with Crippen molar-refractivity contribution in [1.82, 2.24) is 9.97 Å². The van der Waals surface area contributed by atoms with Crippen LogP contribution in [0.15, 0.2) is 79.1 Å². The van der Waals surface area contributed by atoms with Gasteiger partial charge in [0.25, 0.3) is 5.91 Å². The van der Waals surface area contributed by atoms with E-state index in [0.29, 0.717) is 22.3 Å². The third-order valence-electron chi connectivity index (χ3n) is 4.04. The normalized spacial score (nSPS) is 10.7. The second-order valence-electron chi connectivity index (χ2n) is 5.75. The van der Waals surface area contributed by atoms with Crippen molar-refractivity contribution in [2.24, 2.45) is 0 Å². The lowest BCUT2D eigenvalue weighted by atomic mass is 10.0. The van der Waals surface area contributed by atoms with E-state index in [1.54, 1.807) is 54.9 Å². The SMILES string of the molecule is O=C(Nc1cccnc1)c1ccc2cccc(-c3ccccc3F)c2n1. The molecule has 0 saturated carbocycles. The van der Waals surface area contributed by atoms with Crippen molar-refractivity contribution >= 4 is 22.5 Å². The molecule has 0 saturated heterocycles. The van der Waals surface area contributed by atoms with Gasteiger partial charge in [-0.25, -0.2) is 9.37 Å². The van der Waals surface area contributed by atoms with Crippen molar-refractivity contribution in [2.75, 3.05) is 5.32 Å². The van der Waals surface area contributed by atoms with Crippen LogP contribution < -0.4 is 5.32 Å². The van der Waals surface area contributed by atoms with Crippen LogP contribution in [0, 0.1) is 5.82 Å². The molecule has 2 aromatic carbocycles. The third-order valence-corrected chi connectivity index (χ3v) is 4.04. The Morgan fingerprint density at radius 3 is 2.54 bits per heavy atom. The number of rotatable bonds is 3. The maximum atomic E-state index is 14.2. The van der Waals surface area contributed by atoms with Gasteiger partial charge in [0.1, 0.15) is 11.5 Å². The van der Waals surface area contributed by atoms with Crippen molar-refractivity contribution < 1.29 is 9.18 Å². The number of carbonyl (C=O) groups excluding carboxylic acids is 1. The molecule has 4 aromatic rings. The maximum Gasteiger partial charge on any atom is 0.274 e. The summed E-state index contributed by atoms with van der Waals surface area (Å²) < 4.78 is 14.2. The second-order valence-corrected chi connectivity index (χ2v) is 5.75. The number of anilines is 1. The van der Waals surface area contributed by atoms with Gasteiger partial charge in [0.2, 0.25) is 0 Å². The average molecular weight is 343 g/mol. The van der Waals surface area contributed by atoms with E-state index in [0.717, 1.165) is 5.39 Å². The molecule has 4 nitrogen and oxygen atoms in total. The predicted octanol–water partition coefficient (Wildman–Crippen LogP) is 4.69. The van der Waals surface area contributed by atoms with E-state index in [1.807, 2.05) is 18.2 Å². The Kier molecular flexibility index (Phi) is 4.11. The van der Waals surface area contributed by atoms with Crippen LogP contribution in [0.2, 0.25) is 0 Å². The van der Waals surface area contributed by atoms with Crippen molar-refractivity contribution in [3.05, 3.63) is 90.6 Å². The number of nitrogens with one attached hydrogen (secondary N) is 1. The van der Waals surface area contributed by atoms with Crippen LogP contribution in [0.25, 0.3) is 22.0 Å².